The fourth-order valence-electron chi connectivity index (χ4n) is 5.54. The van der Waals surface area contributed by atoms with Gasteiger partial charge in [-0.3, -0.25) is 9.78 Å². The number of carbonyl (C=O) groups excluding carboxylic acids is 1. The summed E-state index contributed by atoms with van der Waals surface area (Å²) >= 11 is 5.95. The molecule has 3 saturated carbocycles. The fraction of sp³-hybridized carbons (Fsp3) is 0.360. The van der Waals surface area contributed by atoms with E-state index in [2.05, 4.69) is 16.4 Å². The molecule has 5 heteroatoms. The van der Waals surface area contributed by atoms with E-state index in [1.54, 1.807) is 36.4 Å². The standard InChI is InChI=1S/C25H24ClFN2O/c26-18-3-1-17(2-4-18)24(30)29-22-9-13-25(11-7-16(22)8-12-25)21-10-14-28-23-6-5-19(27)15-20(21)23/h1-6,10,14-16,22H,7-9,11-13H2,(H,29,30). The summed E-state index contributed by atoms with van der Waals surface area (Å²) in [7, 11) is 0. The summed E-state index contributed by atoms with van der Waals surface area (Å²) in [5.41, 5.74) is 2.74. The van der Waals surface area contributed by atoms with Crippen LogP contribution in [-0.4, -0.2) is 16.9 Å². The van der Waals surface area contributed by atoms with Crippen molar-refractivity contribution in [2.45, 2.75) is 50.0 Å². The zero-order valence-electron chi connectivity index (χ0n) is 16.7. The number of halogens is 2. The highest BCUT2D eigenvalue weighted by Gasteiger charge is 2.44. The van der Waals surface area contributed by atoms with Crippen LogP contribution in [0.2, 0.25) is 5.02 Å². The molecule has 1 heterocycles. The van der Waals surface area contributed by atoms with Gasteiger partial charge in [0.05, 0.1) is 5.52 Å². The van der Waals surface area contributed by atoms with Gasteiger partial charge in [-0.2, -0.15) is 0 Å². The van der Waals surface area contributed by atoms with Gasteiger partial charge >= 0.3 is 0 Å². The number of rotatable bonds is 3. The van der Waals surface area contributed by atoms with Crippen LogP contribution in [0.15, 0.2) is 54.7 Å². The fourth-order valence-corrected chi connectivity index (χ4v) is 5.67. The van der Waals surface area contributed by atoms with Crippen LogP contribution in [0.5, 0.6) is 0 Å². The van der Waals surface area contributed by atoms with Gasteiger partial charge in [0.1, 0.15) is 5.82 Å². The van der Waals surface area contributed by atoms with Crippen molar-refractivity contribution in [3.8, 4) is 0 Å². The normalized spacial score (nSPS) is 25.8. The molecule has 2 bridgehead atoms. The third-order valence-electron chi connectivity index (χ3n) is 7.19. The molecule has 1 amide bonds. The first-order chi connectivity index (χ1) is 14.5. The van der Waals surface area contributed by atoms with Gasteiger partial charge in [-0.1, -0.05) is 11.6 Å². The first-order valence-electron chi connectivity index (χ1n) is 10.7. The highest BCUT2D eigenvalue weighted by Crippen LogP contribution is 2.51. The summed E-state index contributed by atoms with van der Waals surface area (Å²) in [6.45, 7) is 0. The lowest BCUT2D eigenvalue weighted by Crippen LogP contribution is -2.40. The Hall–Kier alpha value is -2.46. The smallest absolute Gasteiger partial charge is 0.251 e. The Morgan fingerprint density at radius 3 is 2.53 bits per heavy atom. The third-order valence-corrected chi connectivity index (χ3v) is 7.44. The van der Waals surface area contributed by atoms with Crippen molar-refractivity contribution in [2.75, 3.05) is 0 Å². The molecule has 3 aliphatic carbocycles. The van der Waals surface area contributed by atoms with Crippen molar-refractivity contribution in [3.05, 3.63) is 76.7 Å². The minimum atomic E-state index is -0.219. The molecule has 6 rings (SSSR count). The van der Waals surface area contributed by atoms with E-state index in [-0.39, 0.29) is 23.2 Å². The Morgan fingerprint density at radius 2 is 1.77 bits per heavy atom. The summed E-state index contributed by atoms with van der Waals surface area (Å²) in [5.74, 6) is 0.234. The van der Waals surface area contributed by atoms with Crippen LogP contribution in [0.4, 0.5) is 4.39 Å². The number of nitrogens with one attached hydrogen (secondary N) is 1. The average Bonchev–Trinajstić information content (AvgIpc) is 3.04. The second kappa shape index (κ2) is 7.66. The van der Waals surface area contributed by atoms with E-state index in [1.165, 1.54) is 11.6 Å². The highest BCUT2D eigenvalue weighted by molar-refractivity contribution is 6.30. The number of carbonyl (C=O) groups is 1. The van der Waals surface area contributed by atoms with Gasteiger partial charge in [0.15, 0.2) is 0 Å². The second-order valence-electron chi connectivity index (χ2n) is 8.76. The Labute approximate surface area is 180 Å². The van der Waals surface area contributed by atoms with Gasteiger partial charge in [-0.25, -0.2) is 4.39 Å². The predicted octanol–water partition coefficient (Wildman–Crippen LogP) is 6.05. The number of hydrogen-bond donors (Lipinski definition) is 1. The van der Waals surface area contributed by atoms with E-state index in [1.807, 2.05) is 6.20 Å². The van der Waals surface area contributed by atoms with Gasteiger partial charge in [-0.15, -0.1) is 0 Å². The van der Waals surface area contributed by atoms with Gasteiger partial charge in [-0.05, 0) is 104 Å². The summed E-state index contributed by atoms with van der Waals surface area (Å²) in [6, 6.07) is 14.1. The van der Waals surface area contributed by atoms with E-state index in [0.717, 1.165) is 49.4 Å². The molecule has 1 aromatic heterocycles. The molecule has 3 fully saturated rings. The molecular weight excluding hydrogens is 399 g/mol. The van der Waals surface area contributed by atoms with E-state index < -0.39 is 0 Å². The largest absolute Gasteiger partial charge is 0.349 e. The van der Waals surface area contributed by atoms with Crippen molar-refractivity contribution >= 4 is 28.4 Å². The number of fused-ring (bicyclic) bond motifs is 5. The summed E-state index contributed by atoms with van der Waals surface area (Å²) < 4.78 is 14.0. The maximum absolute atomic E-state index is 14.0. The topological polar surface area (TPSA) is 42.0 Å². The first kappa shape index (κ1) is 19.5. The lowest BCUT2D eigenvalue weighted by molar-refractivity contribution is 0.0916. The molecule has 0 radical (unpaired) electrons. The minimum Gasteiger partial charge on any atom is -0.349 e. The molecule has 0 spiro atoms. The Bertz CT molecular complexity index is 1090. The first-order valence-corrected chi connectivity index (χ1v) is 11.0. The zero-order chi connectivity index (χ0) is 20.7. The van der Waals surface area contributed by atoms with E-state index in [4.69, 9.17) is 11.6 Å². The van der Waals surface area contributed by atoms with Crippen LogP contribution >= 0.6 is 11.6 Å². The Balaban J connectivity index is 1.41. The van der Waals surface area contributed by atoms with E-state index in [9.17, 15) is 9.18 Å². The second-order valence-corrected chi connectivity index (χ2v) is 9.20. The molecule has 3 aliphatic rings. The predicted molar refractivity (Wildman–Crippen MR) is 117 cm³/mol. The molecule has 1 atom stereocenters. The summed E-state index contributed by atoms with van der Waals surface area (Å²) in [5, 5.41) is 4.84. The molecule has 1 N–H and O–H groups in total. The number of amides is 1. The quantitative estimate of drug-likeness (QED) is 0.558. The molecular formula is C25H24ClFN2O. The maximum Gasteiger partial charge on any atom is 0.251 e. The SMILES string of the molecule is O=C(NC1CCC2(c3ccnc4ccc(F)cc34)CCC1CC2)c1ccc(Cl)cc1. The molecule has 2 aromatic carbocycles. The monoisotopic (exact) mass is 422 g/mol. The van der Waals surface area contributed by atoms with Crippen LogP contribution in [0.1, 0.15) is 54.4 Å². The maximum atomic E-state index is 14.0. The van der Waals surface area contributed by atoms with E-state index >= 15 is 0 Å². The number of aromatic nitrogens is 1. The van der Waals surface area contributed by atoms with Crippen LogP contribution in [0.25, 0.3) is 10.9 Å². The molecule has 1 unspecified atom stereocenters. The van der Waals surface area contributed by atoms with Gasteiger partial charge in [0.2, 0.25) is 0 Å². The minimum absolute atomic E-state index is 0.0330. The van der Waals surface area contributed by atoms with Crippen LogP contribution in [-0.2, 0) is 5.41 Å². The van der Waals surface area contributed by atoms with E-state index in [0.29, 0.717) is 16.5 Å². The van der Waals surface area contributed by atoms with Crippen molar-refractivity contribution in [1.29, 1.82) is 0 Å². The van der Waals surface area contributed by atoms with Crippen LogP contribution in [0.3, 0.4) is 0 Å². The molecule has 0 saturated heterocycles. The third kappa shape index (κ3) is 3.47. The van der Waals surface area contributed by atoms with Crippen molar-refractivity contribution in [2.24, 2.45) is 5.92 Å². The molecule has 0 aliphatic heterocycles. The van der Waals surface area contributed by atoms with Gasteiger partial charge in [0.25, 0.3) is 5.91 Å². The van der Waals surface area contributed by atoms with Crippen molar-refractivity contribution < 1.29 is 9.18 Å². The lowest BCUT2D eigenvalue weighted by Gasteiger charge is -2.38. The average molecular weight is 423 g/mol. The molecule has 30 heavy (non-hydrogen) atoms. The number of benzene rings is 2. The number of nitrogens with zero attached hydrogens (tertiary/aromatic N) is 1. The highest BCUT2D eigenvalue weighted by atomic mass is 35.5. The molecule has 3 nitrogen and oxygen atoms in total. The Kier molecular flexibility index (Phi) is 4.98. The van der Waals surface area contributed by atoms with Crippen LogP contribution in [0, 0.1) is 11.7 Å². The van der Waals surface area contributed by atoms with Crippen LogP contribution < -0.4 is 5.32 Å². The zero-order valence-corrected chi connectivity index (χ0v) is 17.5. The Morgan fingerprint density at radius 1 is 1.03 bits per heavy atom. The lowest BCUT2D eigenvalue weighted by atomic mass is 9.66. The van der Waals surface area contributed by atoms with Gasteiger partial charge in [0, 0.05) is 28.2 Å². The summed E-state index contributed by atoms with van der Waals surface area (Å²) in [4.78, 5) is 17.2. The van der Waals surface area contributed by atoms with Crippen molar-refractivity contribution in [1.82, 2.24) is 10.3 Å². The number of hydrogen-bond acceptors (Lipinski definition) is 2. The van der Waals surface area contributed by atoms with Crippen molar-refractivity contribution in [3.63, 3.8) is 0 Å². The molecule has 3 aromatic rings. The number of pyridine rings is 1. The van der Waals surface area contributed by atoms with Gasteiger partial charge < -0.3 is 5.32 Å². The summed E-state index contributed by atoms with van der Waals surface area (Å²) in [6.07, 6.45) is 8.06. The molecule has 154 valence electrons.